The number of hydrogen-bond acceptors (Lipinski definition) is 20. The summed E-state index contributed by atoms with van der Waals surface area (Å²) in [5, 5.41) is 150. The van der Waals surface area contributed by atoms with Crippen molar-refractivity contribution in [2.24, 2.45) is 40.1 Å². The van der Waals surface area contributed by atoms with E-state index < -0.39 is 128 Å². The molecule has 0 aromatic heterocycles. The second-order valence-electron chi connectivity index (χ2n) is 22.9. The van der Waals surface area contributed by atoms with Crippen molar-refractivity contribution in [3.8, 4) is 0 Å². The predicted octanol–water partition coefficient (Wildman–Crippen LogP) is 1.39. The van der Waals surface area contributed by atoms with Gasteiger partial charge in [0, 0.05) is 30.8 Å². The molecule has 0 bridgehead atoms. The quantitative estimate of drug-likeness (QED) is 0.0407. The number of rotatable bonds is 13. The number of aliphatic hydroxyl groups is 13. The molecule has 80 heavy (non-hydrogen) atoms. The van der Waals surface area contributed by atoms with E-state index in [1.165, 1.54) is 13.0 Å². The Morgan fingerprint density at radius 1 is 0.750 bits per heavy atom. The minimum Gasteiger partial charge on any atom is -0.550 e. The van der Waals surface area contributed by atoms with E-state index in [0.717, 1.165) is 12.0 Å². The third-order valence-electron chi connectivity index (χ3n) is 15.5. The minimum absolute atomic E-state index is 0.0266. The van der Waals surface area contributed by atoms with Crippen LogP contribution >= 0.6 is 0 Å². The highest BCUT2D eigenvalue weighted by molar-refractivity contribution is 5.75. The number of allylic oxidation sites excluding steroid dienone is 1. The van der Waals surface area contributed by atoms with Gasteiger partial charge in [0.25, 0.3) is 0 Å². The minimum atomic E-state index is -1.59. The lowest BCUT2D eigenvalue weighted by Gasteiger charge is -2.34. The van der Waals surface area contributed by atoms with E-state index in [1.54, 1.807) is 6.92 Å². The van der Waals surface area contributed by atoms with E-state index in [-0.39, 0.29) is 56.3 Å². The van der Waals surface area contributed by atoms with Crippen LogP contribution in [-0.2, 0) is 23.8 Å². The molecule has 0 aromatic carbocycles. The SMILES string of the molecule is CCC(=O)[O-].CCCCC1C(=O)OC(C(C)C(O)CCCN=C(N)N)C(C)/C=C(\C)CCCCC(O)CC(O)CC(O)CC(O)CC(O)C(O[C@H]2O[C@H](CO)[C@@H](O)[C@@H]2O)/C=C(\C)C(O)CCCC(O)CCCC(O)CCC(C)C1O. The fourth-order valence-electron chi connectivity index (χ4n) is 10.3. The van der Waals surface area contributed by atoms with Gasteiger partial charge in [0.15, 0.2) is 12.2 Å². The zero-order valence-corrected chi connectivity index (χ0v) is 49.0. The van der Waals surface area contributed by atoms with E-state index >= 15 is 0 Å². The number of cyclic esters (lactones) is 1. The summed E-state index contributed by atoms with van der Waals surface area (Å²) in [5.74, 6) is -3.64. The van der Waals surface area contributed by atoms with Crippen LogP contribution in [0.1, 0.15) is 190 Å². The molecule has 0 saturated carbocycles. The van der Waals surface area contributed by atoms with E-state index in [0.29, 0.717) is 108 Å². The number of aliphatic hydroxyl groups excluding tert-OH is 13. The van der Waals surface area contributed by atoms with Crippen LogP contribution in [0.5, 0.6) is 0 Å². The van der Waals surface area contributed by atoms with Gasteiger partial charge in [-0.1, -0.05) is 71.6 Å². The standard InChI is InChI=1S/C55H103N3O17.C3H6O2/c1-7-8-19-43-49(69)33(3)22-23-38(61)17-11-16-37(60)18-12-20-44(66)34(4)26-47(73-54-51(71)50(70)48(31-59)74-54)46(68)30-42(65)29-41(64)28-40(63)27-39(62)15-10-9-14-32(2)25-35(5)52(75-53(43)72)36(6)45(67)21-13-24-58-55(56)57;1-2-3(4)5/h25-26,33,35-52,54,59-71H,7-24,27-31H2,1-6H3,(H4,56,57,58);2H2,1H3,(H,4,5)/p-1/b32-25+,34-26+;/t33?,35?,36?,37?,38?,39?,40?,41?,42?,43?,44?,45?,46?,47?,48-,49?,50-,51+,52?,54+;/m1./s1. The third kappa shape index (κ3) is 30.6. The van der Waals surface area contributed by atoms with Crippen molar-refractivity contribution in [2.75, 3.05) is 13.2 Å². The monoisotopic (exact) mass is 1150 g/mol. The third-order valence-corrected chi connectivity index (χ3v) is 15.5. The number of unbranched alkanes of at least 4 members (excludes halogenated alkanes) is 1. The Morgan fingerprint density at radius 3 is 1.88 bits per heavy atom. The number of esters is 1. The summed E-state index contributed by atoms with van der Waals surface area (Å²) in [5.41, 5.74) is 12.4. The number of nitrogens with zero attached hydrogens (tertiary/aromatic N) is 1. The van der Waals surface area contributed by atoms with Gasteiger partial charge in [0.2, 0.25) is 0 Å². The second-order valence-corrected chi connectivity index (χ2v) is 22.9. The molecule has 0 aliphatic carbocycles. The van der Waals surface area contributed by atoms with Crippen molar-refractivity contribution >= 4 is 17.9 Å². The maximum atomic E-state index is 14.2. The van der Waals surface area contributed by atoms with Crippen LogP contribution in [0, 0.1) is 23.7 Å². The van der Waals surface area contributed by atoms with Crippen LogP contribution in [0.25, 0.3) is 0 Å². The molecule has 2 rings (SSSR count). The number of carboxylic acid groups (broad SMARTS) is 1. The molecule has 16 unspecified atom stereocenters. The van der Waals surface area contributed by atoms with Gasteiger partial charge in [-0.2, -0.15) is 0 Å². The molecule has 470 valence electrons. The molecule has 20 atom stereocenters. The van der Waals surface area contributed by atoms with Crippen LogP contribution in [0.2, 0.25) is 0 Å². The van der Waals surface area contributed by atoms with Crippen LogP contribution in [0.4, 0.5) is 0 Å². The van der Waals surface area contributed by atoms with Gasteiger partial charge in [0.1, 0.15) is 30.5 Å². The van der Waals surface area contributed by atoms with Gasteiger partial charge in [-0.15, -0.1) is 0 Å². The van der Waals surface area contributed by atoms with Crippen molar-refractivity contribution in [3.05, 3.63) is 23.3 Å². The van der Waals surface area contributed by atoms with Gasteiger partial charge in [-0.05, 0) is 141 Å². The zero-order chi connectivity index (χ0) is 60.6. The first kappa shape index (κ1) is 75.1. The van der Waals surface area contributed by atoms with Crippen LogP contribution in [-0.4, -0.2) is 195 Å². The van der Waals surface area contributed by atoms with Crippen molar-refractivity contribution in [1.29, 1.82) is 0 Å². The summed E-state index contributed by atoms with van der Waals surface area (Å²) < 4.78 is 17.7. The van der Waals surface area contributed by atoms with E-state index in [2.05, 4.69) is 4.99 Å². The summed E-state index contributed by atoms with van der Waals surface area (Å²) in [4.78, 5) is 27.5. The lowest BCUT2D eigenvalue weighted by atomic mass is 9.84. The van der Waals surface area contributed by atoms with Gasteiger partial charge in [0.05, 0.1) is 73.6 Å². The first-order valence-corrected chi connectivity index (χ1v) is 29.6. The molecule has 22 heteroatoms. The maximum Gasteiger partial charge on any atom is 0.311 e. The van der Waals surface area contributed by atoms with E-state index in [9.17, 15) is 81.1 Å². The molecule has 0 radical (unpaired) electrons. The molecule has 0 aromatic rings. The Hall–Kier alpha value is -2.91. The number of carboxylic acids is 1. The number of carbonyl (C=O) groups excluding carboxylic acids is 2. The molecule has 1 saturated heterocycles. The number of aliphatic carboxylic acids is 1. The molecule has 2 heterocycles. The average Bonchev–Trinajstić information content (AvgIpc) is 3.67. The molecule has 2 aliphatic rings. The molecule has 17 N–H and O–H groups in total. The van der Waals surface area contributed by atoms with Crippen molar-refractivity contribution in [1.82, 2.24) is 0 Å². The fourth-order valence-corrected chi connectivity index (χ4v) is 10.3. The topological polar surface area (TPSA) is 412 Å². The summed E-state index contributed by atoms with van der Waals surface area (Å²) in [7, 11) is 0. The van der Waals surface area contributed by atoms with Gasteiger partial charge >= 0.3 is 5.97 Å². The summed E-state index contributed by atoms with van der Waals surface area (Å²) in [6.07, 6.45) is -7.31. The van der Waals surface area contributed by atoms with Crippen molar-refractivity contribution in [2.45, 2.75) is 288 Å². The number of ether oxygens (including phenoxy) is 3. The molecule has 0 spiro atoms. The maximum absolute atomic E-state index is 14.2. The highest BCUT2D eigenvalue weighted by atomic mass is 16.7. The Labute approximate surface area is 476 Å². The number of nitrogens with two attached hydrogens (primary N) is 2. The first-order chi connectivity index (χ1) is 37.6. The first-order valence-electron chi connectivity index (χ1n) is 29.6. The highest BCUT2D eigenvalue weighted by Crippen LogP contribution is 2.32. The Morgan fingerprint density at radius 2 is 1.31 bits per heavy atom. The van der Waals surface area contributed by atoms with Crippen LogP contribution < -0.4 is 16.6 Å². The predicted molar refractivity (Wildman–Crippen MR) is 300 cm³/mol. The Balaban J connectivity index is 0.00000610. The molecule has 0 amide bonds. The number of aliphatic imine (C=N–C) groups is 1. The molecule has 1 fully saturated rings. The number of carbonyl (C=O) groups is 2. The van der Waals surface area contributed by atoms with Crippen molar-refractivity contribution < 1.29 is 95.3 Å². The van der Waals surface area contributed by atoms with Crippen LogP contribution in [0.15, 0.2) is 28.3 Å². The van der Waals surface area contributed by atoms with Crippen molar-refractivity contribution in [3.63, 3.8) is 0 Å². The zero-order valence-electron chi connectivity index (χ0n) is 49.0. The summed E-state index contributed by atoms with van der Waals surface area (Å²) in [6.45, 7) is 12.4. The molecular formula is C58H108N3O19-. The Bertz CT molecular complexity index is 1760. The van der Waals surface area contributed by atoms with Crippen LogP contribution in [0.3, 0.4) is 0 Å². The lowest BCUT2D eigenvalue weighted by molar-refractivity contribution is -0.305. The van der Waals surface area contributed by atoms with Gasteiger partial charge < -0.3 is 102 Å². The average molecular weight is 1150 g/mol. The summed E-state index contributed by atoms with van der Waals surface area (Å²) in [6, 6.07) is 0. The Kier molecular flexibility index (Phi) is 38.6. The smallest absolute Gasteiger partial charge is 0.311 e. The summed E-state index contributed by atoms with van der Waals surface area (Å²) >= 11 is 0. The molecular weight excluding hydrogens is 1040 g/mol. The number of guanidine groups is 1. The van der Waals surface area contributed by atoms with E-state index in [4.69, 9.17) is 25.7 Å². The van der Waals surface area contributed by atoms with Gasteiger partial charge in [-0.25, -0.2) is 0 Å². The largest absolute Gasteiger partial charge is 0.550 e. The molecule has 22 nitrogen and oxygen atoms in total. The van der Waals surface area contributed by atoms with Gasteiger partial charge in [-0.3, -0.25) is 9.79 Å². The van der Waals surface area contributed by atoms with E-state index in [1.807, 2.05) is 40.7 Å². The normalized spacial score (nSPS) is 36.8. The highest BCUT2D eigenvalue weighted by Gasteiger charge is 2.45. The second kappa shape index (κ2) is 41.2. The lowest BCUT2D eigenvalue weighted by Crippen LogP contribution is -2.42. The molecule has 2 aliphatic heterocycles. The fraction of sp³-hybridized carbons (Fsp3) is 0.879. The number of hydrogen-bond donors (Lipinski definition) is 15.